The van der Waals surface area contributed by atoms with Crippen molar-refractivity contribution in [3.63, 3.8) is 0 Å². The van der Waals surface area contributed by atoms with Gasteiger partial charge in [0.15, 0.2) is 5.69 Å². The predicted molar refractivity (Wildman–Crippen MR) is 58.9 cm³/mol. The Balaban J connectivity index is 2.40. The Morgan fingerprint density at radius 1 is 1.24 bits per heavy atom. The van der Waals surface area contributed by atoms with Crippen molar-refractivity contribution in [3.05, 3.63) is 51.7 Å². The highest BCUT2D eigenvalue weighted by molar-refractivity contribution is 7.12. The van der Waals surface area contributed by atoms with E-state index >= 15 is 0 Å². The Morgan fingerprint density at radius 3 is 2.47 bits per heavy atom. The highest BCUT2D eigenvalue weighted by Gasteiger charge is 2.20. The lowest BCUT2D eigenvalue weighted by Crippen LogP contribution is -2.07. The molecule has 17 heavy (non-hydrogen) atoms. The van der Waals surface area contributed by atoms with Gasteiger partial charge in [0.1, 0.15) is 10.7 Å². The number of carbonyl (C=O) groups excluding carboxylic acids is 1. The molecule has 0 unspecified atom stereocenters. The molecule has 1 aromatic heterocycles. The Morgan fingerprint density at radius 2 is 1.88 bits per heavy atom. The van der Waals surface area contributed by atoms with Gasteiger partial charge < -0.3 is 5.11 Å². The molecule has 86 valence electrons. The molecule has 0 radical (unpaired) electrons. The first-order chi connectivity index (χ1) is 8.09. The SMILES string of the molecule is O=C(O)c1ncsc1C(=O)c1ccc(F)cc1. The van der Waals surface area contributed by atoms with E-state index in [-0.39, 0.29) is 16.1 Å². The van der Waals surface area contributed by atoms with Crippen LogP contribution in [-0.2, 0) is 0 Å². The first kappa shape index (κ1) is 11.4. The minimum Gasteiger partial charge on any atom is -0.476 e. The van der Waals surface area contributed by atoms with Crippen molar-refractivity contribution in [1.29, 1.82) is 0 Å². The lowest BCUT2D eigenvalue weighted by molar-refractivity contribution is 0.0687. The number of thiazole rings is 1. The van der Waals surface area contributed by atoms with Crippen LogP contribution in [-0.4, -0.2) is 21.8 Å². The topological polar surface area (TPSA) is 67.3 Å². The summed E-state index contributed by atoms with van der Waals surface area (Å²) in [6.07, 6.45) is 0. The van der Waals surface area contributed by atoms with E-state index in [9.17, 15) is 14.0 Å². The summed E-state index contributed by atoms with van der Waals surface area (Å²) in [5, 5.41) is 8.83. The van der Waals surface area contributed by atoms with Crippen molar-refractivity contribution >= 4 is 23.1 Å². The van der Waals surface area contributed by atoms with Gasteiger partial charge in [-0.2, -0.15) is 0 Å². The summed E-state index contributed by atoms with van der Waals surface area (Å²) in [6.45, 7) is 0. The largest absolute Gasteiger partial charge is 0.476 e. The highest BCUT2D eigenvalue weighted by Crippen LogP contribution is 2.18. The smallest absolute Gasteiger partial charge is 0.356 e. The van der Waals surface area contributed by atoms with Crippen LogP contribution in [0.2, 0.25) is 0 Å². The highest BCUT2D eigenvalue weighted by atomic mass is 32.1. The van der Waals surface area contributed by atoms with Crippen LogP contribution < -0.4 is 0 Å². The molecule has 1 N–H and O–H groups in total. The fourth-order valence-electron chi connectivity index (χ4n) is 1.29. The fraction of sp³-hybridized carbons (Fsp3) is 0. The van der Waals surface area contributed by atoms with Crippen molar-refractivity contribution in [1.82, 2.24) is 4.98 Å². The number of carboxylic acids is 1. The summed E-state index contributed by atoms with van der Waals surface area (Å²) >= 11 is 0.950. The number of carboxylic acid groups (broad SMARTS) is 1. The van der Waals surface area contributed by atoms with Crippen molar-refractivity contribution in [3.8, 4) is 0 Å². The molecule has 0 atom stereocenters. The molecule has 0 saturated heterocycles. The van der Waals surface area contributed by atoms with E-state index in [1.807, 2.05) is 0 Å². The molecule has 2 rings (SSSR count). The lowest BCUT2D eigenvalue weighted by atomic mass is 10.1. The second-order valence-corrected chi connectivity index (χ2v) is 4.03. The molecule has 2 aromatic rings. The minimum absolute atomic E-state index is 0.0455. The van der Waals surface area contributed by atoms with Crippen molar-refractivity contribution in [2.45, 2.75) is 0 Å². The van der Waals surface area contributed by atoms with E-state index in [1.165, 1.54) is 17.6 Å². The van der Waals surface area contributed by atoms with Crippen LogP contribution in [0.15, 0.2) is 29.8 Å². The average molecular weight is 251 g/mol. The molecule has 0 bridgehead atoms. The molecule has 6 heteroatoms. The molecular formula is C11H6FNO3S. The molecule has 0 spiro atoms. The zero-order valence-electron chi connectivity index (χ0n) is 8.38. The van der Waals surface area contributed by atoms with Crippen LogP contribution >= 0.6 is 11.3 Å². The van der Waals surface area contributed by atoms with Crippen LogP contribution in [0, 0.1) is 5.82 Å². The van der Waals surface area contributed by atoms with Crippen LogP contribution in [0.25, 0.3) is 0 Å². The second-order valence-electron chi connectivity index (χ2n) is 3.17. The predicted octanol–water partition coefficient (Wildman–Crippen LogP) is 2.21. The summed E-state index contributed by atoms with van der Waals surface area (Å²) in [6, 6.07) is 4.91. The van der Waals surface area contributed by atoms with E-state index in [2.05, 4.69) is 4.98 Å². The molecule has 1 aromatic carbocycles. The third-order valence-electron chi connectivity index (χ3n) is 2.08. The summed E-state index contributed by atoms with van der Waals surface area (Å²) in [5.74, 6) is -2.18. The maximum atomic E-state index is 12.7. The van der Waals surface area contributed by atoms with E-state index < -0.39 is 17.6 Å². The molecule has 0 fully saturated rings. The zero-order chi connectivity index (χ0) is 12.4. The third-order valence-corrected chi connectivity index (χ3v) is 2.91. The first-order valence-electron chi connectivity index (χ1n) is 4.56. The van der Waals surface area contributed by atoms with E-state index in [0.717, 1.165) is 23.5 Å². The molecule has 4 nitrogen and oxygen atoms in total. The number of nitrogens with zero attached hydrogens (tertiary/aromatic N) is 1. The molecule has 1 heterocycles. The zero-order valence-corrected chi connectivity index (χ0v) is 9.20. The third kappa shape index (κ3) is 2.21. The monoisotopic (exact) mass is 251 g/mol. The van der Waals surface area contributed by atoms with E-state index in [0.29, 0.717) is 0 Å². The molecule has 0 amide bonds. The summed E-state index contributed by atoms with van der Waals surface area (Å²) in [4.78, 5) is 26.4. The average Bonchev–Trinajstić information content (AvgIpc) is 2.78. The normalized spacial score (nSPS) is 10.2. The van der Waals surface area contributed by atoms with Crippen molar-refractivity contribution < 1.29 is 19.1 Å². The number of carbonyl (C=O) groups is 2. The molecule has 0 aliphatic heterocycles. The van der Waals surface area contributed by atoms with Gasteiger partial charge in [-0.3, -0.25) is 4.79 Å². The van der Waals surface area contributed by atoms with Gasteiger partial charge >= 0.3 is 5.97 Å². The number of hydrogen-bond acceptors (Lipinski definition) is 4. The standard InChI is InChI=1S/C11H6FNO3S/c12-7-3-1-6(2-4-7)9(14)10-8(11(15)16)13-5-17-10/h1-5H,(H,15,16). The van der Waals surface area contributed by atoms with Crippen molar-refractivity contribution in [2.75, 3.05) is 0 Å². The quantitative estimate of drug-likeness (QED) is 0.849. The summed E-state index contributed by atoms with van der Waals surface area (Å²) in [7, 11) is 0. The number of halogens is 1. The van der Waals surface area contributed by atoms with Gasteiger partial charge in [0.2, 0.25) is 5.78 Å². The van der Waals surface area contributed by atoms with E-state index in [4.69, 9.17) is 5.11 Å². The van der Waals surface area contributed by atoms with Gasteiger partial charge in [-0.1, -0.05) is 0 Å². The Bertz CT molecular complexity index is 577. The number of rotatable bonds is 3. The van der Waals surface area contributed by atoms with Gasteiger partial charge in [0.25, 0.3) is 0 Å². The Hall–Kier alpha value is -2.08. The number of hydrogen-bond donors (Lipinski definition) is 1. The number of aromatic carboxylic acids is 1. The van der Waals surface area contributed by atoms with E-state index in [1.54, 1.807) is 0 Å². The Labute approximate surface area is 99.4 Å². The van der Waals surface area contributed by atoms with Gasteiger partial charge in [0.05, 0.1) is 5.51 Å². The maximum absolute atomic E-state index is 12.7. The van der Waals surface area contributed by atoms with Crippen LogP contribution in [0.1, 0.15) is 25.7 Å². The van der Waals surface area contributed by atoms with Crippen molar-refractivity contribution in [2.24, 2.45) is 0 Å². The maximum Gasteiger partial charge on any atom is 0.356 e. The number of benzene rings is 1. The summed E-state index contributed by atoms with van der Waals surface area (Å²) < 4.78 is 12.7. The first-order valence-corrected chi connectivity index (χ1v) is 5.44. The second kappa shape index (κ2) is 4.42. The molecule has 0 aliphatic rings. The summed E-state index contributed by atoms with van der Waals surface area (Å²) in [5.41, 5.74) is 1.25. The molecule has 0 saturated carbocycles. The van der Waals surface area contributed by atoms with Gasteiger partial charge in [-0.15, -0.1) is 11.3 Å². The number of ketones is 1. The van der Waals surface area contributed by atoms with Crippen LogP contribution in [0.4, 0.5) is 4.39 Å². The number of aromatic nitrogens is 1. The molecule has 0 aliphatic carbocycles. The van der Waals surface area contributed by atoms with Crippen LogP contribution in [0.3, 0.4) is 0 Å². The Kier molecular flexibility index (Phi) is 2.97. The van der Waals surface area contributed by atoms with Gasteiger partial charge in [-0.25, -0.2) is 14.2 Å². The van der Waals surface area contributed by atoms with Gasteiger partial charge in [-0.05, 0) is 24.3 Å². The molecular weight excluding hydrogens is 245 g/mol. The fourth-order valence-corrected chi connectivity index (χ4v) is 2.03. The van der Waals surface area contributed by atoms with Crippen LogP contribution in [0.5, 0.6) is 0 Å². The van der Waals surface area contributed by atoms with Gasteiger partial charge in [0, 0.05) is 5.56 Å². The minimum atomic E-state index is -1.25. The lowest BCUT2D eigenvalue weighted by Gasteiger charge is -1.98.